The highest BCUT2D eigenvalue weighted by molar-refractivity contribution is 5.78. The number of nitrogens with zero attached hydrogens (tertiary/aromatic N) is 3. The molecule has 1 aliphatic rings. The highest BCUT2D eigenvalue weighted by Crippen LogP contribution is 2.40. The van der Waals surface area contributed by atoms with Crippen LogP contribution >= 0.6 is 0 Å². The molecule has 0 radical (unpaired) electrons. The number of carbonyl (C=O) groups is 1. The zero-order chi connectivity index (χ0) is 20.1. The molecule has 0 atom stereocenters. The fraction of sp³-hybridized carbons (Fsp3) is 0.348. The minimum Gasteiger partial charge on any atom is -0.377 e. The average molecular weight is 391 g/mol. The quantitative estimate of drug-likeness (QED) is 0.618. The number of methoxy groups -OCH3 is 1. The Hall–Kier alpha value is -2.99. The summed E-state index contributed by atoms with van der Waals surface area (Å²) in [5.74, 6) is 1.22. The summed E-state index contributed by atoms with van der Waals surface area (Å²) in [6.07, 6.45) is 1.85. The monoisotopic (exact) mass is 391 g/mol. The molecule has 1 saturated heterocycles. The van der Waals surface area contributed by atoms with Crippen molar-refractivity contribution in [2.45, 2.75) is 31.3 Å². The van der Waals surface area contributed by atoms with Gasteiger partial charge in [-0.05, 0) is 17.5 Å². The lowest BCUT2D eigenvalue weighted by Gasteiger charge is -2.43. The van der Waals surface area contributed by atoms with E-state index in [0.717, 1.165) is 6.42 Å². The standard InChI is InChI=1S/C23H25N3O3/c1-28-16-20-24-21(29-25-20)13-15-26-17-23(14-12-22(26)27,18-8-4-2-5-9-18)19-10-6-3-7-11-19/h2-11H,12-17H2,1H3. The SMILES string of the molecule is COCc1noc(CCN2CC(c3ccccc3)(c3ccccc3)CCC2=O)n1. The molecular formula is C23H25N3O3. The first-order valence-corrected chi connectivity index (χ1v) is 9.90. The van der Waals surface area contributed by atoms with Crippen molar-refractivity contribution in [1.29, 1.82) is 0 Å². The van der Waals surface area contributed by atoms with Gasteiger partial charge in [0, 0.05) is 38.5 Å². The molecule has 0 unspecified atom stereocenters. The molecule has 4 rings (SSSR count). The first kappa shape index (κ1) is 19.3. The van der Waals surface area contributed by atoms with Gasteiger partial charge in [0.25, 0.3) is 0 Å². The molecule has 150 valence electrons. The van der Waals surface area contributed by atoms with Crippen molar-refractivity contribution in [2.75, 3.05) is 20.2 Å². The molecular weight excluding hydrogens is 366 g/mol. The number of rotatable bonds is 7. The first-order valence-electron chi connectivity index (χ1n) is 9.90. The number of amides is 1. The van der Waals surface area contributed by atoms with Crippen molar-refractivity contribution >= 4 is 5.91 Å². The Morgan fingerprint density at radius 1 is 1.07 bits per heavy atom. The van der Waals surface area contributed by atoms with Crippen LogP contribution in [0.3, 0.4) is 0 Å². The van der Waals surface area contributed by atoms with E-state index in [1.807, 2.05) is 17.0 Å². The smallest absolute Gasteiger partial charge is 0.228 e. The van der Waals surface area contributed by atoms with E-state index in [1.54, 1.807) is 7.11 Å². The maximum absolute atomic E-state index is 12.7. The van der Waals surface area contributed by atoms with E-state index in [-0.39, 0.29) is 11.3 Å². The molecule has 2 heterocycles. The van der Waals surface area contributed by atoms with Crippen molar-refractivity contribution in [1.82, 2.24) is 15.0 Å². The molecule has 29 heavy (non-hydrogen) atoms. The van der Waals surface area contributed by atoms with Crippen molar-refractivity contribution in [3.63, 3.8) is 0 Å². The first-order chi connectivity index (χ1) is 14.2. The van der Waals surface area contributed by atoms with Gasteiger partial charge in [-0.3, -0.25) is 4.79 Å². The molecule has 6 nitrogen and oxygen atoms in total. The number of piperidine rings is 1. The predicted molar refractivity (Wildman–Crippen MR) is 108 cm³/mol. The number of hydrogen-bond donors (Lipinski definition) is 0. The Morgan fingerprint density at radius 3 is 2.34 bits per heavy atom. The highest BCUT2D eigenvalue weighted by atomic mass is 16.5. The number of benzene rings is 2. The van der Waals surface area contributed by atoms with E-state index in [9.17, 15) is 4.79 Å². The van der Waals surface area contributed by atoms with Crippen molar-refractivity contribution in [3.8, 4) is 0 Å². The molecule has 1 amide bonds. The lowest BCUT2D eigenvalue weighted by Crippen LogP contribution is -2.50. The van der Waals surface area contributed by atoms with Gasteiger partial charge in [0.1, 0.15) is 6.61 Å². The molecule has 0 N–H and O–H groups in total. The van der Waals surface area contributed by atoms with E-state index >= 15 is 0 Å². The van der Waals surface area contributed by atoms with Gasteiger partial charge in [-0.25, -0.2) is 0 Å². The lowest BCUT2D eigenvalue weighted by atomic mass is 9.69. The molecule has 2 aromatic carbocycles. The number of aromatic nitrogens is 2. The van der Waals surface area contributed by atoms with Crippen molar-refractivity contribution < 1.29 is 14.1 Å². The van der Waals surface area contributed by atoms with Crippen LogP contribution in [0, 0.1) is 0 Å². The van der Waals surface area contributed by atoms with Gasteiger partial charge in [-0.2, -0.15) is 4.98 Å². The minimum absolute atomic E-state index is 0.170. The molecule has 0 spiro atoms. The van der Waals surface area contributed by atoms with E-state index in [0.29, 0.717) is 44.3 Å². The van der Waals surface area contributed by atoms with Crippen LogP contribution in [0.5, 0.6) is 0 Å². The summed E-state index contributed by atoms with van der Waals surface area (Å²) >= 11 is 0. The predicted octanol–water partition coefficient (Wildman–Crippen LogP) is 3.37. The number of carbonyl (C=O) groups excluding carboxylic acids is 1. The van der Waals surface area contributed by atoms with Crippen LogP contribution in [-0.2, 0) is 28.0 Å². The molecule has 1 aromatic heterocycles. The molecule has 1 fully saturated rings. The summed E-state index contributed by atoms with van der Waals surface area (Å²) in [5.41, 5.74) is 2.26. The van der Waals surface area contributed by atoms with Gasteiger partial charge in [-0.1, -0.05) is 65.8 Å². The van der Waals surface area contributed by atoms with Crippen molar-refractivity contribution in [2.24, 2.45) is 0 Å². The van der Waals surface area contributed by atoms with E-state index < -0.39 is 0 Å². The van der Waals surface area contributed by atoms with Gasteiger partial charge in [-0.15, -0.1) is 0 Å². The van der Waals surface area contributed by atoms with Crippen LogP contribution in [0.1, 0.15) is 35.7 Å². The van der Waals surface area contributed by atoms with E-state index in [1.165, 1.54) is 11.1 Å². The molecule has 0 bridgehead atoms. The summed E-state index contributed by atoms with van der Waals surface area (Å²) in [7, 11) is 1.59. The fourth-order valence-corrected chi connectivity index (χ4v) is 4.14. The number of likely N-dealkylation sites (tertiary alicyclic amines) is 1. The Balaban J connectivity index is 1.58. The average Bonchev–Trinajstić information content (AvgIpc) is 3.22. The maximum Gasteiger partial charge on any atom is 0.228 e. The van der Waals surface area contributed by atoms with Crippen LogP contribution in [0.2, 0.25) is 0 Å². The van der Waals surface area contributed by atoms with Gasteiger partial charge >= 0.3 is 0 Å². The second-order valence-electron chi connectivity index (χ2n) is 7.42. The van der Waals surface area contributed by atoms with Crippen LogP contribution in [0.4, 0.5) is 0 Å². The Kier molecular flexibility index (Phi) is 5.71. The molecule has 3 aromatic rings. The Morgan fingerprint density at radius 2 is 1.72 bits per heavy atom. The zero-order valence-electron chi connectivity index (χ0n) is 16.6. The third kappa shape index (κ3) is 4.07. The normalized spacial score (nSPS) is 16.2. The summed E-state index contributed by atoms with van der Waals surface area (Å²) in [6, 6.07) is 21.0. The minimum atomic E-state index is -0.216. The number of ether oxygens (including phenoxy) is 1. The van der Waals surface area contributed by atoms with E-state index in [4.69, 9.17) is 9.26 Å². The lowest BCUT2D eigenvalue weighted by molar-refractivity contribution is -0.134. The second-order valence-corrected chi connectivity index (χ2v) is 7.42. The summed E-state index contributed by atoms with van der Waals surface area (Å²) in [5, 5.41) is 3.90. The van der Waals surface area contributed by atoms with Gasteiger partial charge < -0.3 is 14.2 Å². The maximum atomic E-state index is 12.7. The Bertz CT molecular complexity index is 901. The van der Waals surface area contributed by atoms with Crippen LogP contribution in [0.15, 0.2) is 65.2 Å². The molecule has 0 aliphatic carbocycles. The van der Waals surface area contributed by atoms with Crippen molar-refractivity contribution in [3.05, 3.63) is 83.5 Å². The van der Waals surface area contributed by atoms with Gasteiger partial charge in [0.15, 0.2) is 5.82 Å². The van der Waals surface area contributed by atoms with Gasteiger partial charge in [0.05, 0.1) is 0 Å². The molecule has 0 saturated carbocycles. The van der Waals surface area contributed by atoms with Crippen LogP contribution in [0.25, 0.3) is 0 Å². The van der Waals surface area contributed by atoms with Gasteiger partial charge in [0.2, 0.25) is 11.8 Å². The Labute approximate surface area is 170 Å². The van der Waals surface area contributed by atoms with E-state index in [2.05, 4.69) is 58.7 Å². The molecule has 1 aliphatic heterocycles. The van der Waals surface area contributed by atoms with Crippen LogP contribution in [-0.4, -0.2) is 41.1 Å². The summed E-state index contributed by atoms with van der Waals surface area (Å²) < 4.78 is 10.3. The third-order valence-corrected chi connectivity index (χ3v) is 5.61. The number of hydrogen-bond acceptors (Lipinski definition) is 5. The summed E-state index contributed by atoms with van der Waals surface area (Å²) in [6.45, 7) is 1.51. The molecule has 6 heteroatoms. The fourth-order valence-electron chi connectivity index (χ4n) is 4.14. The highest BCUT2D eigenvalue weighted by Gasteiger charge is 2.41. The summed E-state index contributed by atoms with van der Waals surface area (Å²) in [4.78, 5) is 19.0. The largest absolute Gasteiger partial charge is 0.377 e. The zero-order valence-corrected chi connectivity index (χ0v) is 16.6. The second kappa shape index (κ2) is 8.57. The third-order valence-electron chi connectivity index (χ3n) is 5.61. The van der Waals surface area contributed by atoms with Crippen LogP contribution < -0.4 is 0 Å². The topological polar surface area (TPSA) is 68.5 Å².